The fourth-order valence-electron chi connectivity index (χ4n) is 2.40. The van der Waals surface area contributed by atoms with Gasteiger partial charge in [-0.3, -0.25) is 5.10 Å². The summed E-state index contributed by atoms with van der Waals surface area (Å²) < 4.78 is 0. The number of β-amino-alcohol motifs (C(OH)–C–C–N with tert-alkyl or cyclic N) is 1. The van der Waals surface area contributed by atoms with Gasteiger partial charge >= 0.3 is 0 Å². The van der Waals surface area contributed by atoms with Crippen LogP contribution >= 0.6 is 0 Å². The summed E-state index contributed by atoms with van der Waals surface area (Å²) in [6.07, 6.45) is 2.92. The van der Waals surface area contributed by atoms with E-state index in [-0.39, 0.29) is 6.10 Å². The Kier molecular flexibility index (Phi) is 4.12. The molecule has 2 heterocycles. The molecule has 0 spiro atoms. The Balaban J connectivity index is 1.93. The van der Waals surface area contributed by atoms with Gasteiger partial charge in [0.05, 0.1) is 6.10 Å². The maximum Gasteiger partial charge on any atom is 0.155 e. The van der Waals surface area contributed by atoms with E-state index in [2.05, 4.69) is 20.1 Å². The van der Waals surface area contributed by atoms with E-state index in [1.165, 1.54) is 0 Å². The van der Waals surface area contributed by atoms with Crippen LogP contribution in [-0.2, 0) is 0 Å². The van der Waals surface area contributed by atoms with Crippen molar-refractivity contribution in [3.8, 4) is 0 Å². The summed E-state index contributed by atoms with van der Waals surface area (Å²) in [5.74, 6) is 2.22. The van der Waals surface area contributed by atoms with Gasteiger partial charge in [0.2, 0.25) is 0 Å². The van der Waals surface area contributed by atoms with Crippen molar-refractivity contribution in [1.82, 2.24) is 20.1 Å². The molecule has 1 fully saturated rings. The largest absolute Gasteiger partial charge is 0.392 e. The normalized spacial score (nSPS) is 23.8. The molecule has 1 unspecified atom stereocenters. The third kappa shape index (κ3) is 3.26. The second-order valence-electron chi connectivity index (χ2n) is 4.94. The van der Waals surface area contributed by atoms with Gasteiger partial charge in [0.25, 0.3) is 0 Å². The van der Waals surface area contributed by atoms with E-state index >= 15 is 0 Å². The number of aromatic nitrogens is 3. The molecule has 96 valence electrons. The fraction of sp³-hybridized carbons (Fsp3) is 0.833. The highest BCUT2D eigenvalue weighted by atomic mass is 16.3. The average Bonchev–Trinajstić information content (AvgIpc) is 2.76. The number of hydrogen-bond donors (Lipinski definition) is 2. The number of nitrogens with zero attached hydrogens (tertiary/aromatic N) is 3. The van der Waals surface area contributed by atoms with Gasteiger partial charge in [-0.25, -0.2) is 4.98 Å². The van der Waals surface area contributed by atoms with Gasteiger partial charge in [-0.2, -0.15) is 5.10 Å². The number of aryl methyl sites for hydroxylation is 1. The van der Waals surface area contributed by atoms with Gasteiger partial charge in [0.1, 0.15) is 5.82 Å². The van der Waals surface area contributed by atoms with Crippen LogP contribution in [0.2, 0.25) is 0 Å². The van der Waals surface area contributed by atoms with Gasteiger partial charge in [-0.15, -0.1) is 0 Å². The molecule has 1 aliphatic rings. The van der Waals surface area contributed by atoms with Crippen LogP contribution < -0.4 is 0 Å². The Morgan fingerprint density at radius 3 is 3.06 bits per heavy atom. The van der Waals surface area contributed by atoms with E-state index in [0.29, 0.717) is 5.92 Å². The van der Waals surface area contributed by atoms with Gasteiger partial charge in [0, 0.05) is 19.0 Å². The van der Waals surface area contributed by atoms with E-state index in [4.69, 9.17) is 0 Å². The number of hydrogen-bond acceptors (Lipinski definition) is 4. The van der Waals surface area contributed by atoms with Crippen LogP contribution in [0.15, 0.2) is 0 Å². The van der Waals surface area contributed by atoms with Crippen LogP contribution in [0.1, 0.15) is 43.8 Å². The second kappa shape index (κ2) is 5.60. The predicted octanol–water partition coefficient (Wildman–Crippen LogP) is 1.06. The molecule has 0 radical (unpaired) electrons. The van der Waals surface area contributed by atoms with Crippen LogP contribution in [0.4, 0.5) is 0 Å². The van der Waals surface area contributed by atoms with Crippen molar-refractivity contribution >= 4 is 0 Å². The summed E-state index contributed by atoms with van der Waals surface area (Å²) >= 11 is 0. The Bertz CT molecular complexity index is 352. The minimum Gasteiger partial charge on any atom is -0.392 e. The van der Waals surface area contributed by atoms with Gasteiger partial charge in [-0.05, 0) is 32.7 Å². The maximum atomic E-state index is 9.69. The first-order chi connectivity index (χ1) is 8.19. The van der Waals surface area contributed by atoms with Crippen LogP contribution in [0.3, 0.4) is 0 Å². The monoisotopic (exact) mass is 238 g/mol. The molecule has 0 amide bonds. The Labute approximate surface area is 102 Å². The van der Waals surface area contributed by atoms with Crippen LogP contribution in [0.5, 0.6) is 0 Å². The molecular weight excluding hydrogens is 216 g/mol. The number of rotatable bonds is 4. The first kappa shape index (κ1) is 12.5. The lowest BCUT2D eigenvalue weighted by atomic mass is 9.97. The highest BCUT2D eigenvalue weighted by Gasteiger charge is 2.25. The molecule has 5 heteroatoms. The van der Waals surface area contributed by atoms with Crippen molar-refractivity contribution in [2.45, 2.75) is 45.1 Å². The lowest BCUT2D eigenvalue weighted by Crippen LogP contribution is -2.39. The van der Waals surface area contributed by atoms with E-state index in [1.54, 1.807) is 0 Å². The summed E-state index contributed by atoms with van der Waals surface area (Å²) in [6.45, 7) is 6.77. The third-order valence-electron chi connectivity index (χ3n) is 3.43. The zero-order chi connectivity index (χ0) is 12.3. The first-order valence-electron chi connectivity index (χ1n) is 6.48. The first-order valence-corrected chi connectivity index (χ1v) is 6.48. The number of piperidine rings is 1. The summed E-state index contributed by atoms with van der Waals surface area (Å²) in [7, 11) is 0. The molecule has 2 atom stereocenters. The molecule has 5 nitrogen and oxygen atoms in total. The smallest absolute Gasteiger partial charge is 0.155 e. The van der Waals surface area contributed by atoms with Crippen molar-refractivity contribution in [2.75, 3.05) is 19.6 Å². The molecule has 0 aromatic carbocycles. The topological polar surface area (TPSA) is 65.0 Å². The minimum absolute atomic E-state index is 0.206. The van der Waals surface area contributed by atoms with Crippen LogP contribution in [0.25, 0.3) is 0 Å². The van der Waals surface area contributed by atoms with Crippen molar-refractivity contribution in [1.29, 1.82) is 0 Å². The molecule has 0 aliphatic carbocycles. The number of aromatic amines is 1. The standard InChI is InChI=1S/C12H22N4O/c1-3-11(17)8-16-6-4-5-10(7-16)12-13-9(2)14-15-12/h10-11,17H,3-8H2,1-2H3,(H,13,14,15)/t10?,11-/m1/s1. The minimum atomic E-state index is -0.206. The average molecular weight is 238 g/mol. The van der Waals surface area contributed by atoms with E-state index < -0.39 is 0 Å². The van der Waals surface area contributed by atoms with Crippen molar-refractivity contribution < 1.29 is 5.11 Å². The molecule has 2 rings (SSSR count). The summed E-state index contributed by atoms with van der Waals surface area (Å²) in [6, 6.07) is 0. The predicted molar refractivity (Wildman–Crippen MR) is 65.8 cm³/mol. The molecule has 1 aromatic rings. The highest BCUT2D eigenvalue weighted by Crippen LogP contribution is 2.24. The van der Waals surface area contributed by atoms with Crippen molar-refractivity contribution in [3.05, 3.63) is 11.6 Å². The van der Waals surface area contributed by atoms with Gasteiger partial charge < -0.3 is 10.0 Å². The maximum absolute atomic E-state index is 9.69. The van der Waals surface area contributed by atoms with Crippen LogP contribution in [-0.4, -0.2) is 50.9 Å². The van der Waals surface area contributed by atoms with E-state index in [0.717, 1.165) is 50.5 Å². The molecule has 17 heavy (non-hydrogen) atoms. The summed E-state index contributed by atoms with van der Waals surface area (Å²) in [5, 5.41) is 16.8. The SMILES string of the molecule is CC[C@@H](O)CN1CCCC(c2n[nH]c(C)n2)C1. The van der Waals surface area contributed by atoms with Gasteiger partial charge in [-0.1, -0.05) is 6.92 Å². The Morgan fingerprint density at radius 2 is 2.41 bits per heavy atom. The molecule has 1 saturated heterocycles. The summed E-state index contributed by atoms with van der Waals surface area (Å²) in [5.41, 5.74) is 0. The number of nitrogens with one attached hydrogen (secondary N) is 1. The fourth-order valence-corrected chi connectivity index (χ4v) is 2.40. The quantitative estimate of drug-likeness (QED) is 0.823. The molecule has 0 saturated carbocycles. The molecule has 0 bridgehead atoms. The highest BCUT2D eigenvalue weighted by molar-refractivity contribution is 4.99. The lowest BCUT2D eigenvalue weighted by molar-refractivity contribution is 0.0919. The Morgan fingerprint density at radius 1 is 1.59 bits per heavy atom. The zero-order valence-electron chi connectivity index (χ0n) is 10.7. The third-order valence-corrected chi connectivity index (χ3v) is 3.43. The van der Waals surface area contributed by atoms with Gasteiger partial charge in [0.15, 0.2) is 5.82 Å². The van der Waals surface area contributed by atoms with Crippen LogP contribution in [0, 0.1) is 6.92 Å². The van der Waals surface area contributed by atoms with E-state index in [1.807, 2.05) is 13.8 Å². The van der Waals surface area contributed by atoms with Crippen molar-refractivity contribution in [3.63, 3.8) is 0 Å². The number of aliphatic hydroxyl groups excluding tert-OH is 1. The lowest BCUT2D eigenvalue weighted by Gasteiger charge is -2.32. The number of H-pyrrole nitrogens is 1. The van der Waals surface area contributed by atoms with Crippen molar-refractivity contribution in [2.24, 2.45) is 0 Å². The number of aliphatic hydroxyl groups is 1. The Hall–Kier alpha value is -0.940. The van der Waals surface area contributed by atoms with E-state index in [9.17, 15) is 5.11 Å². The molecule has 1 aromatic heterocycles. The molecule has 2 N–H and O–H groups in total. The molecule has 1 aliphatic heterocycles. The molecular formula is C12H22N4O. The number of likely N-dealkylation sites (tertiary alicyclic amines) is 1. The second-order valence-corrected chi connectivity index (χ2v) is 4.94. The zero-order valence-corrected chi connectivity index (χ0v) is 10.7. The summed E-state index contributed by atoms with van der Waals surface area (Å²) in [4.78, 5) is 6.74.